The van der Waals surface area contributed by atoms with Crippen LogP contribution in [0.25, 0.3) is 0 Å². The monoisotopic (exact) mass is 273 g/mol. The molecule has 0 amide bonds. The van der Waals surface area contributed by atoms with Crippen molar-refractivity contribution in [1.82, 2.24) is 5.32 Å². The van der Waals surface area contributed by atoms with Gasteiger partial charge in [0.05, 0.1) is 7.11 Å². The average molecular weight is 273 g/mol. The van der Waals surface area contributed by atoms with E-state index in [9.17, 15) is 8.60 Å². The lowest BCUT2D eigenvalue weighted by atomic mass is 10.1. The van der Waals surface area contributed by atoms with Crippen molar-refractivity contribution in [3.8, 4) is 5.75 Å². The molecule has 0 aliphatic carbocycles. The molecule has 0 radical (unpaired) electrons. The van der Waals surface area contributed by atoms with E-state index in [1.165, 1.54) is 13.2 Å². The molecule has 0 aliphatic heterocycles. The maximum absolute atomic E-state index is 13.2. The van der Waals surface area contributed by atoms with Gasteiger partial charge < -0.3 is 10.1 Å². The molecule has 2 atom stereocenters. The van der Waals surface area contributed by atoms with Gasteiger partial charge in [0.2, 0.25) is 0 Å². The van der Waals surface area contributed by atoms with Crippen molar-refractivity contribution in [2.24, 2.45) is 0 Å². The summed E-state index contributed by atoms with van der Waals surface area (Å²) in [5.41, 5.74) is 0.978. The van der Waals surface area contributed by atoms with Gasteiger partial charge in [-0.25, -0.2) is 4.39 Å². The van der Waals surface area contributed by atoms with E-state index in [1.54, 1.807) is 18.4 Å². The molecule has 0 aliphatic rings. The Labute approximate surface area is 110 Å². The van der Waals surface area contributed by atoms with Gasteiger partial charge >= 0.3 is 0 Å². The molecule has 1 N–H and O–H groups in total. The summed E-state index contributed by atoms with van der Waals surface area (Å²) in [5, 5.41) is 3.31. The zero-order valence-corrected chi connectivity index (χ0v) is 11.8. The first-order valence-corrected chi connectivity index (χ1v) is 7.64. The third-order valence-corrected chi connectivity index (χ3v) is 3.60. The summed E-state index contributed by atoms with van der Waals surface area (Å²) in [5.74, 6) is 0.609. The van der Waals surface area contributed by atoms with E-state index in [0.29, 0.717) is 5.75 Å². The summed E-state index contributed by atoms with van der Waals surface area (Å²) >= 11 is 0. The number of ether oxygens (including phenoxy) is 1. The quantitative estimate of drug-likeness (QED) is 0.774. The highest BCUT2D eigenvalue weighted by Crippen LogP contribution is 2.22. The molecule has 0 fully saturated rings. The molecule has 5 heteroatoms. The molecule has 0 heterocycles. The zero-order chi connectivity index (χ0) is 13.5. The van der Waals surface area contributed by atoms with Crippen molar-refractivity contribution >= 4 is 10.8 Å². The Morgan fingerprint density at radius 3 is 2.83 bits per heavy atom. The summed E-state index contributed by atoms with van der Waals surface area (Å²) in [4.78, 5) is 0. The third-order valence-electron chi connectivity index (χ3n) is 2.73. The van der Waals surface area contributed by atoms with Crippen molar-refractivity contribution in [2.45, 2.75) is 19.4 Å². The molecule has 1 aromatic carbocycles. The summed E-state index contributed by atoms with van der Waals surface area (Å²) < 4.78 is 29.1. The highest BCUT2D eigenvalue weighted by molar-refractivity contribution is 7.84. The highest BCUT2D eigenvalue weighted by Gasteiger charge is 2.09. The fourth-order valence-electron chi connectivity index (χ4n) is 1.66. The van der Waals surface area contributed by atoms with Crippen LogP contribution in [0.3, 0.4) is 0 Å². The van der Waals surface area contributed by atoms with Crippen molar-refractivity contribution in [3.05, 3.63) is 29.6 Å². The maximum atomic E-state index is 13.2. The normalized spacial score (nSPS) is 14.2. The average Bonchev–Trinajstić information content (AvgIpc) is 2.34. The first kappa shape index (κ1) is 15.1. The van der Waals surface area contributed by atoms with Gasteiger partial charge in [0, 0.05) is 28.9 Å². The van der Waals surface area contributed by atoms with Gasteiger partial charge in [-0.1, -0.05) is 6.07 Å². The largest absolute Gasteiger partial charge is 0.494 e. The minimum absolute atomic E-state index is 0.116. The van der Waals surface area contributed by atoms with Crippen LogP contribution in [0.5, 0.6) is 5.75 Å². The predicted molar refractivity (Wildman–Crippen MR) is 72.9 cm³/mol. The zero-order valence-electron chi connectivity index (χ0n) is 11.0. The van der Waals surface area contributed by atoms with Crippen LogP contribution in [-0.2, 0) is 10.8 Å². The molecule has 3 nitrogen and oxygen atoms in total. The molecule has 0 bridgehead atoms. The number of rotatable bonds is 7. The SMILES string of the molecule is COc1cc(C(C)NCCCS(C)=O)ccc1F. The van der Waals surface area contributed by atoms with Crippen LogP contribution in [0, 0.1) is 5.82 Å². The van der Waals surface area contributed by atoms with E-state index in [1.807, 2.05) is 6.92 Å². The van der Waals surface area contributed by atoms with Gasteiger partial charge in [0.15, 0.2) is 11.6 Å². The molecule has 102 valence electrons. The Kier molecular flexibility index (Phi) is 6.29. The van der Waals surface area contributed by atoms with Crippen LogP contribution < -0.4 is 10.1 Å². The predicted octanol–water partition coefficient (Wildman–Crippen LogP) is 2.25. The minimum Gasteiger partial charge on any atom is -0.494 e. The lowest BCUT2D eigenvalue weighted by Gasteiger charge is -2.15. The Morgan fingerprint density at radius 1 is 1.50 bits per heavy atom. The molecule has 0 saturated heterocycles. The van der Waals surface area contributed by atoms with Crippen LogP contribution in [0.15, 0.2) is 18.2 Å². The van der Waals surface area contributed by atoms with E-state index in [2.05, 4.69) is 5.32 Å². The summed E-state index contributed by atoms with van der Waals surface area (Å²) in [6.45, 7) is 2.80. The van der Waals surface area contributed by atoms with Crippen molar-refractivity contribution in [1.29, 1.82) is 0 Å². The fourth-order valence-corrected chi connectivity index (χ4v) is 2.21. The summed E-state index contributed by atoms with van der Waals surface area (Å²) in [7, 11) is 0.713. The molecule has 0 saturated carbocycles. The molecule has 1 rings (SSSR count). The molecule has 0 aromatic heterocycles. The van der Waals surface area contributed by atoms with Crippen LogP contribution in [0.1, 0.15) is 24.9 Å². The van der Waals surface area contributed by atoms with E-state index >= 15 is 0 Å². The third kappa shape index (κ3) is 4.74. The highest BCUT2D eigenvalue weighted by atomic mass is 32.2. The van der Waals surface area contributed by atoms with Gasteiger partial charge in [-0.15, -0.1) is 0 Å². The van der Waals surface area contributed by atoms with Gasteiger partial charge in [-0.05, 0) is 37.6 Å². The van der Waals surface area contributed by atoms with Crippen LogP contribution in [-0.4, -0.2) is 29.9 Å². The number of nitrogens with one attached hydrogen (secondary N) is 1. The number of benzene rings is 1. The van der Waals surface area contributed by atoms with Gasteiger partial charge in [0.25, 0.3) is 0 Å². The first-order valence-electron chi connectivity index (χ1n) is 5.91. The second kappa shape index (κ2) is 7.48. The molecular weight excluding hydrogens is 253 g/mol. The van der Waals surface area contributed by atoms with E-state index in [0.717, 1.165) is 18.5 Å². The number of methoxy groups -OCH3 is 1. The van der Waals surface area contributed by atoms with Gasteiger partial charge in [0.1, 0.15) is 0 Å². The maximum Gasteiger partial charge on any atom is 0.165 e. The Balaban J connectivity index is 2.50. The number of hydrogen-bond acceptors (Lipinski definition) is 3. The van der Waals surface area contributed by atoms with Crippen LogP contribution >= 0.6 is 0 Å². The second-order valence-corrected chi connectivity index (χ2v) is 5.76. The molecule has 1 aromatic rings. The van der Waals surface area contributed by atoms with E-state index < -0.39 is 10.8 Å². The molecule has 0 spiro atoms. The summed E-state index contributed by atoms with van der Waals surface area (Å²) in [6, 6.07) is 4.97. The first-order chi connectivity index (χ1) is 8.54. The molecular formula is C13H20FNO2S. The number of halogens is 1. The minimum atomic E-state index is -0.743. The van der Waals surface area contributed by atoms with Crippen molar-refractivity contribution < 1.29 is 13.3 Å². The fraction of sp³-hybridized carbons (Fsp3) is 0.538. The van der Waals surface area contributed by atoms with Gasteiger partial charge in [-0.2, -0.15) is 0 Å². The standard InChI is InChI=1S/C13H20FNO2S/c1-10(15-7-4-8-18(3)16)11-5-6-12(14)13(9-11)17-2/h5-6,9-10,15H,4,7-8H2,1-3H3. The van der Waals surface area contributed by atoms with Gasteiger partial charge in [-0.3, -0.25) is 4.21 Å². The van der Waals surface area contributed by atoms with Crippen molar-refractivity contribution in [2.75, 3.05) is 25.7 Å². The van der Waals surface area contributed by atoms with Crippen molar-refractivity contribution in [3.63, 3.8) is 0 Å². The van der Waals surface area contributed by atoms with Crippen LogP contribution in [0.4, 0.5) is 4.39 Å². The topological polar surface area (TPSA) is 38.3 Å². The molecule has 18 heavy (non-hydrogen) atoms. The Morgan fingerprint density at radius 2 is 2.22 bits per heavy atom. The van der Waals surface area contributed by atoms with E-state index in [-0.39, 0.29) is 17.6 Å². The number of hydrogen-bond donors (Lipinski definition) is 1. The Hall–Kier alpha value is -0.940. The second-order valence-electron chi connectivity index (χ2n) is 4.20. The van der Waals surface area contributed by atoms with Crippen LogP contribution in [0.2, 0.25) is 0 Å². The Bertz CT molecular complexity index is 412. The summed E-state index contributed by atoms with van der Waals surface area (Å²) in [6.07, 6.45) is 2.57. The smallest absolute Gasteiger partial charge is 0.165 e. The lowest BCUT2D eigenvalue weighted by molar-refractivity contribution is 0.385. The molecule has 2 unspecified atom stereocenters. The lowest BCUT2D eigenvalue weighted by Crippen LogP contribution is -2.21. The van der Waals surface area contributed by atoms with E-state index in [4.69, 9.17) is 4.74 Å².